The van der Waals surface area contributed by atoms with E-state index in [-0.39, 0.29) is 11.9 Å². The van der Waals surface area contributed by atoms with Gasteiger partial charge in [0.2, 0.25) is 0 Å². The Kier molecular flexibility index (Phi) is 4.16. The molecule has 22 heavy (non-hydrogen) atoms. The second kappa shape index (κ2) is 6.08. The van der Waals surface area contributed by atoms with Crippen LogP contribution in [0.4, 0.5) is 0 Å². The van der Waals surface area contributed by atoms with E-state index < -0.39 is 0 Å². The monoisotopic (exact) mass is 300 g/mol. The van der Waals surface area contributed by atoms with Crippen LogP contribution in [0, 0.1) is 0 Å². The van der Waals surface area contributed by atoms with Gasteiger partial charge in [0.1, 0.15) is 0 Å². The number of benzene rings is 1. The molecule has 1 aromatic heterocycles. The molecule has 1 fully saturated rings. The van der Waals surface area contributed by atoms with Crippen LogP contribution in [-0.2, 0) is 7.05 Å². The fourth-order valence-electron chi connectivity index (χ4n) is 3.16. The van der Waals surface area contributed by atoms with Gasteiger partial charge in [0.15, 0.2) is 5.82 Å². The fourth-order valence-corrected chi connectivity index (χ4v) is 3.16. The molecule has 1 saturated heterocycles. The van der Waals surface area contributed by atoms with Gasteiger partial charge in [-0.25, -0.2) is 4.98 Å². The first-order chi connectivity index (χ1) is 10.6. The molecule has 0 aliphatic carbocycles. The van der Waals surface area contributed by atoms with E-state index in [0.717, 1.165) is 37.0 Å². The van der Waals surface area contributed by atoms with Gasteiger partial charge in [-0.2, -0.15) is 0 Å². The highest BCUT2D eigenvalue weighted by Gasteiger charge is 2.24. The lowest BCUT2D eigenvalue weighted by molar-refractivity contribution is 0.0887. The third kappa shape index (κ3) is 2.86. The van der Waals surface area contributed by atoms with Gasteiger partial charge in [0.25, 0.3) is 5.91 Å². The number of aryl methyl sites for hydroxylation is 1. The van der Waals surface area contributed by atoms with Crippen LogP contribution in [0.3, 0.4) is 0 Å². The SMILES string of the molecule is CC(C)N1CCC(NC(=O)c2nc3ccccc3n2C)CC1. The van der Waals surface area contributed by atoms with E-state index in [2.05, 4.69) is 29.0 Å². The average Bonchev–Trinajstić information content (AvgIpc) is 2.85. The van der Waals surface area contributed by atoms with E-state index >= 15 is 0 Å². The van der Waals surface area contributed by atoms with Gasteiger partial charge in [-0.15, -0.1) is 0 Å². The Morgan fingerprint density at radius 1 is 1.27 bits per heavy atom. The lowest BCUT2D eigenvalue weighted by atomic mass is 10.0. The molecule has 1 amide bonds. The fraction of sp³-hybridized carbons (Fsp3) is 0.529. The smallest absolute Gasteiger partial charge is 0.287 e. The van der Waals surface area contributed by atoms with Crippen molar-refractivity contribution in [3.05, 3.63) is 30.1 Å². The third-order valence-corrected chi connectivity index (χ3v) is 4.59. The summed E-state index contributed by atoms with van der Waals surface area (Å²) in [5.41, 5.74) is 1.85. The molecule has 1 aliphatic rings. The standard InChI is InChI=1S/C17H24N4O/c1-12(2)21-10-8-13(9-11-21)18-17(22)16-19-14-6-4-5-7-15(14)20(16)3/h4-7,12-13H,8-11H2,1-3H3,(H,18,22). The first-order valence-electron chi connectivity index (χ1n) is 8.02. The largest absolute Gasteiger partial charge is 0.347 e. The molecule has 0 unspecified atom stereocenters. The van der Waals surface area contributed by atoms with Gasteiger partial charge >= 0.3 is 0 Å². The molecule has 0 saturated carbocycles. The molecule has 0 atom stereocenters. The van der Waals surface area contributed by atoms with Crippen molar-refractivity contribution in [1.82, 2.24) is 19.8 Å². The molecule has 5 nitrogen and oxygen atoms in total. The van der Waals surface area contributed by atoms with Crippen molar-refractivity contribution in [2.75, 3.05) is 13.1 Å². The van der Waals surface area contributed by atoms with Crippen LogP contribution < -0.4 is 5.32 Å². The van der Waals surface area contributed by atoms with Crippen LogP contribution in [0.25, 0.3) is 11.0 Å². The highest BCUT2D eigenvalue weighted by Crippen LogP contribution is 2.16. The lowest BCUT2D eigenvalue weighted by Crippen LogP contribution is -2.47. The van der Waals surface area contributed by atoms with Crippen LogP contribution in [0.2, 0.25) is 0 Å². The zero-order valence-corrected chi connectivity index (χ0v) is 13.5. The molecule has 2 heterocycles. The summed E-state index contributed by atoms with van der Waals surface area (Å²) < 4.78 is 1.87. The van der Waals surface area contributed by atoms with Gasteiger partial charge < -0.3 is 14.8 Å². The normalized spacial score (nSPS) is 17.3. The summed E-state index contributed by atoms with van der Waals surface area (Å²) in [6, 6.07) is 8.67. The van der Waals surface area contributed by atoms with Gasteiger partial charge in [-0.1, -0.05) is 12.1 Å². The maximum absolute atomic E-state index is 12.5. The Morgan fingerprint density at radius 3 is 2.59 bits per heavy atom. The van der Waals surface area contributed by atoms with Crippen molar-refractivity contribution in [3.63, 3.8) is 0 Å². The molecule has 1 N–H and O–H groups in total. The number of hydrogen-bond acceptors (Lipinski definition) is 3. The van der Waals surface area contributed by atoms with Crippen molar-refractivity contribution >= 4 is 16.9 Å². The molecule has 118 valence electrons. The van der Waals surface area contributed by atoms with Gasteiger partial charge in [-0.3, -0.25) is 4.79 Å². The van der Waals surface area contributed by atoms with E-state index in [1.807, 2.05) is 35.9 Å². The van der Waals surface area contributed by atoms with Gasteiger partial charge in [0, 0.05) is 32.2 Å². The summed E-state index contributed by atoms with van der Waals surface area (Å²) >= 11 is 0. The quantitative estimate of drug-likeness (QED) is 0.945. The number of nitrogens with one attached hydrogen (secondary N) is 1. The summed E-state index contributed by atoms with van der Waals surface area (Å²) in [5, 5.41) is 3.15. The topological polar surface area (TPSA) is 50.2 Å². The second-order valence-corrected chi connectivity index (χ2v) is 6.36. The predicted octanol–water partition coefficient (Wildman–Crippen LogP) is 2.18. The average molecular weight is 300 g/mol. The van der Waals surface area contributed by atoms with Crippen LogP contribution in [0.5, 0.6) is 0 Å². The number of piperidine rings is 1. The van der Waals surface area contributed by atoms with Crippen LogP contribution in [0.1, 0.15) is 37.3 Å². The highest BCUT2D eigenvalue weighted by molar-refractivity contribution is 5.94. The van der Waals surface area contributed by atoms with Crippen molar-refractivity contribution in [2.45, 2.75) is 38.8 Å². The van der Waals surface area contributed by atoms with Crippen LogP contribution in [-0.4, -0.2) is 45.5 Å². The Labute approximate surface area is 131 Å². The molecule has 0 bridgehead atoms. The van der Waals surface area contributed by atoms with Crippen LogP contribution in [0.15, 0.2) is 24.3 Å². The molecule has 5 heteroatoms. The van der Waals surface area contributed by atoms with E-state index in [1.54, 1.807) is 0 Å². The first kappa shape index (κ1) is 15.0. The summed E-state index contributed by atoms with van der Waals surface area (Å²) in [6.07, 6.45) is 2.02. The van der Waals surface area contributed by atoms with E-state index in [1.165, 1.54) is 0 Å². The van der Waals surface area contributed by atoms with Gasteiger partial charge in [-0.05, 0) is 38.8 Å². The lowest BCUT2D eigenvalue weighted by Gasteiger charge is -2.34. The highest BCUT2D eigenvalue weighted by atomic mass is 16.2. The van der Waals surface area contributed by atoms with Crippen molar-refractivity contribution in [2.24, 2.45) is 7.05 Å². The number of carbonyl (C=O) groups excluding carboxylic acids is 1. The number of para-hydroxylation sites is 2. The van der Waals surface area contributed by atoms with Crippen LogP contribution >= 0.6 is 0 Å². The minimum atomic E-state index is -0.0679. The summed E-state index contributed by atoms with van der Waals surface area (Å²) in [4.78, 5) is 19.4. The van der Waals surface area contributed by atoms with E-state index in [0.29, 0.717) is 11.9 Å². The number of likely N-dealkylation sites (tertiary alicyclic amines) is 1. The summed E-state index contributed by atoms with van der Waals surface area (Å²) in [7, 11) is 1.89. The Balaban J connectivity index is 1.68. The van der Waals surface area contributed by atoms with Crippen molar-refractivity contribution < 1.29 is 4.79 Å². The zero-order valence-electron chi connectivity index (χ0n) is 13.5. The zero-order chi connectivity index (χ0) is 15.7. The molecule has 0 radical (unpaired) electrons. The minimum Gasteiger partial charge on any atom is -0.347 e. The molecular weight excluding hydrogens is 276 g/mol. The molecule has 3 rings (SSSR count). The maximum atomic E-state index is 12.5. The number of hydrogen-bond donors (Lipinski definition) is 1. The molecular formula is C17H24N4O. The first-order valence-corrected chi connectivity index (χ1v) is 8.02. The number of fused-ring (bicyclic) bond motifs is 1. The molecule has 1 aliphatic heterocycles. The number of imidazole rings is 1. The summed E-state index contributed by atoms with van der Waals surface area (Å²) in [6.45, 7) is 6.53. The summed E-state index contributed by atoms with van der Waals surface area (Å²) in [5.74, 6) is 0.425. The Hall–Kier alpha value is -1.88. The number of nitrogens with zero attached hydrogens (tertiary/aromatic N) is 3. The molecule has 2 aromatic rings. The predicted molar refractivity (Wildman–Crippen MR) is 87.9 cm³/mol. The Bertz CT molecular complexity index is 668. The molecule has 0 spiro atoms. The van der Waals surface area contributed by atoms with Gasteiger partial charge in [0.05, 0.1) is 11.0 Å². The van der Waals surface area contributed by atoms with Crippen molar-refractivity contribution in [1.29, 1.82) is 0 Å². The third-order valence-electron chi connectivity index (χ3n) is 4.59. The van der Waals surface area contributed by atoms with Crippen molar-refractivity contribution in [3.8, 4) is 0 Å². The number of rotatable bonds is 3. The van der Waals surface area contributed by atoms with E-state index in [9.17, 15) is 4.79 Å². The second-order valence-electron chi connectivity index (χ2n) is 6.36. The maximum Gasteiger partial charge on any atom is 0.287 e. The minimum absolute atomic E-state index is 0.0679. The molecule has 1 aromatic carbocycles. The number of carbonyl (C=O) groups is 1. The van der Waals surface area contributed by atoms with E-state index in [4.69, 9.17) is 0 Å². The number of amides is 1. The Morgan fingerprint density at radius 2 is 1.95 bits per heavy atom. The number of aromatic nitrogens is 2.